The molecule has 5 amide bonds. The summed E-state index contributed by atoms with van der Waals surface area (Å²) in [6, 6.07) is 22.9. The minimum Gasteiger partial charge on any atom is -0.442 e. The fraction of sp³-hybridized carbons (Fsp3) is 0.404. The summed E-state index contributed by atoms with van der Waals surface area (Å²) in [5.41, 5.74) is 3.03. The molecule has 73 heavy (non-hydrogen) atoms. The number of carbonyl (C=O) groups is 7. The van der Waals surface area contributed by atoms with Crippen LogP contribution in [0, 0.1) is 11.6 Å². The lowest BCUT2D eigenvalue weighted by molar-refractivity contribution is -0.131. The van der Waals surface area contributed by atoms with Gasteiger partial charge in [0.15, 0.2) is 11.6 Å². The highest BCUT2D eigenvalue weighted by Crippen LogP contribution is 2.30. The molecule has 17 nitrogen and oxygen atoms in total. The minimum atomic E-state index is -0.593. The molecule has 8 rings (SSSR count). The maximum Gasteiger partial charge on any atom is 0.414 e. The molecule has 0 saturated carbocycles. The Labute approximate surface area is 433 Å². The van der Waals surface area contributed by atoms with E-state index < -0.39 is 30.2 Å². The highest BCUT2D eigenvalue weighted by molar-refractivity contribution is 6.31. The largest absolute Gasteiger partial charge is 0.442 e. The van der Waals surface area contributed by atoms with Gasteiger partial charge < -0.3 is 40.1 Å². The summed E-state index contributed by atoms with van der Waals surface area (Å²) >= 11 is 11.5. The van der Waals surface area contributed by atoms with Crippen molar-refractivity contribution in [1.82, 2.24) is 20.9 Å². The highest BCUT2D eigenvalue weighted by atomic mass is 35.5. The lowest BCUT2D eigenvalue weighted by Crippen LogP contribution is -2.49. The van der Waals surface area contributed by atoms with Gasteiger partial charge in [-0.15, -0.1) is 0 Å². The summed E-state index contributed by atoms with van der Waals surface area (Å²) < 4.78 is 39.9. The molecule has 0 aromatic heterocycles. The molecule has 4 fully saturated rings. The minimum absolute atomic E-state index is 0.110. The first kappa shape index (κ1) is 55.5. The fourth-order valence-corrected chi connectivity index (χ4v) is 8.55. The van der Waals surface area contributed by atoms with Crippen LogP contribution < -0.4 is 35.6 Å². The Bertz CT molecular complexity index is 2600. The number of cyclic esters (lactones) is 2. The van der Waals surface area contributed by atoms with Gasteiger partial charge >= 0.3 is 12.2 Å². The molecule has 4 aliphatic rings. The Morgan fingerprint density at radius 1 is 0.603 bits per heavy atom. The first-order valence-corrected chi connectivity index (χ1v) is 24.8. The average molecular weight is 1050 g/mol. The molecule has 4 heterocycles. The second-order valence-electron chi connectivity index (χ2n) is 17.6. The molecular weight excluding hydrogens is 990 g/mol. The van der Waals surface area contributed by atoms with Crippen LogP contribution in [0.4, 0.5) is 41.1 Å². The zero-order chi connectivity index (χ0) is 52.6. The number of amides is 5. The number of halogens is 4. The van der Waals surface area contributed by atoms with Crippen LogP contribution >= 0.6 is 23.2 Å². The SMILES string of the molecule is CC(=O)NC[C@H]1CN(c2ccc(N3CCN(C(=O)CCC(=O)c4ccc(Cl)cc4)CC3)c(F)c2)C(=O)O1.CC(=O)NC[C@H]1CN(c2ccc(N3CCNCC3)c(F)c2)C(=O)O1.CCCC(=O)c1ccc(Cl)cc1. The molecule has 4 aliphatic heterocycles. The third-order valence-corrected chi connectivity index (χ3v) is 12.7. The molecule has 2 atom stereocenters. The number of piperazine rings is 2. The van der Waals surface area contributed by atoms with Crippen molar-refractivity contribution in [2.45, 2.75) is 58.7 Å². The number of rotatable bonds is 15. The van der Waals surface area contributed by atoms with E-state index in [-0.39, 0.29) is 74.1 Å². The maximum absolute atomic E-state index is 15.0. The molecule has 0 bridgehead atoms. The second kappa shape index (κ2) is 26.7. The van der Waals surface area contributed by atoms with Gasteiger partial charge in [0.05, 0.1) is 48.9 Å². The molecule has 0 aliphatic carbocycles. The van der Waals surface area contributed by atoms with Gasteiger partial charge in [-0.2, -0.15) is 0 Å². The van der Waals surface area contributed by atoms with E-state index in [2.05, 4.69) is 16.0 Å². The molecule has 0 unspecified atom stereocenters. The van der Waals surface area contributed by atoms with E-state index in [1.807, 2.05) is 16.7 Å². The van der Waals surface area contributed by atoms with Gasteiger partial charge in [0, 0.05) is 107 Å². The standard InChI is InChI=1S/C26H28ClFN4O5.C16H21FN4O3.C10H11ClO/c1-17(33)29-15-21-16-32(26(36)37-21)20-6-7-23(22(28)14-20)30-10-12-31(13-11-30)25(35)9-8-24(34)18-2-4-19(27)5-3-18;1-11(22)19-9-13-10-21(16(23)24-13)12-2-3-15(14(17)8-12)20-6-4-18-5-7-20;1-2-3-10(12)8-4-6-9(11)7-5-8/h2-7,14,21H,8-13,15-16H2,1H3,(H,29,33);2-3,8,13,18H,4-7,9-10H2,1H3,(H,19,22);4-7H,2-3H2,1H3/t21-;13-;/m00./s1. The Kier molecular flexibility index (Phi) is 20.3. The highest BCUT2D eigenvalue weighted by Gasteiger charge is 2.34. The lowest BCUT2D eigenvalue weighted by atomic mass is 10.1. The van der Waals surface area contributed by atoms with Gasteiger partial charge in [-0.1, -0.05) is 30.1 Å². The number of nitrogens with one attached hydrogen (secondary N) is 3. The Morgan fingerprint density at radius 2 is 1.03 bits per heavy atom. The van der Waals surface area contributed by atoms with E-state index >= 15 is 4.39 Å². The van der Waals surface area contributed by atoms with Gasteiger partial charge in [0.2, 0.25) is 17.7 Å². The van der Waals surface area contributed by atoms with Crippen LogP contribution in [-0.2, 0) is 23.9 Å². The van der Waals surface area contributed by atoms with Crippen LogP contribution in [-0.4, -0.2) is 137 Å². The summed E-state index contributed by atoms with van der Waals surface area (Å²) in [4.78, 5) is 90.7. The third-order valence-electron chi connectivity index (χ3n) is 12.2. The number of carbonyl (C=O) groups excluding carboxylic acids is 7. The topological polar surface area (TPSA) is 190 Å². The van der Waals surface area contributed by atoms with Crippen molar-refractivity contribution < 1.29 is 51.8 Å². The van der Waals surface area contributed by atoms with E-state index in [0.29, 0.717) is 71.0 Å². The maximum atomic E-state index is 15.0. The normalized spacial score (nSPS) is 17.4. The second-order valence-corrected chi connectivity index (χ2v) is 18.5. The summed E-state index contributed by atoms with van der Waals surface area (Å²) in [5, 5.41) is 9.66. The van der Waals surface area contributed by atoms with Crippen molar-refractivity contribution in [1.29, 1.82) is 0 Å². The van der Waals surface area contributed by atoms with Crippen molar-refractivity contribution in [3.8, 4) is 0 Å². The quantitative estimate of drug-likeness (QED) is 0.101. The number of hydrogen-bond donors (Lipinski definition) is 3. The van der Waals surface area contributed by atoms with Crippen LogP contribution in [0.5, 0.6) is 0 Å². The van der Waals surface area contributed by atoms with Crippen LogP contribution in [0.15, 0.2) is 84.9 Å². The van der Waals surface area contributed by atoms with Crippen molar-refractivity contribution in [2.75, 3.05) is 98.1 Å². The predicted molar refractivity (Wildman–Crippen MR) is 275 cm³/mol. The Balaban J connectivity index is 0.000000205. The van der Waals surface area contributed by atoms with Gasteiger partial charge in [-0.25, -0.2) is 18.4 Å². The molecule has 4 aromatic rings. The Morgan fingerprint density at radius 3 is 1.44 bits per heavy atom. The number of anilines is 4. The monoisotopic (exact) mass is 1050 g/mol. The third kappa shape index (κ3) is 16.1. The lowest BCUT2D eigenvalue weighted by Gasteiger charge is -2.36. The van der Waals surface area contributed by atoms with Crippen LogP contribution in [0.25, 0.3) is 0 Å². The molecule has 3 N–H and O–H groups in total. The molecule has 0 spiro atoms. The van der Waals surface area contributed by atoms with E-state index in [1.165, 1.54) is 35.8 Å². The van der Waals surface area contributed by atoms with Gasteiger partial charge in [0.1, 0.15) is 23.8 Å². The number of nitrogens with zero attached hydrogens (tertiary/aromatic N) is 5. The molecule has 390 valence electrons. The van der Waals surface area contributed by atoms with Crippen molar-refractivity contribution in [3.05, 3.63) is 118 Å². The zero-order valence-electron chi connectivity index (χ0n) is 41.0. The smallest absolute Gasteiger partial charge is 0.414 e. The molecule has 4 aromatic carbocycles. The summed E-state index contributed by atoms with van der Waals surface area (Å²) in [6.45, 7) is 10.6. The molecule has 0 radical (unpaired) electrons. The molecular formula is C52H60Cl2F2N8O9. The van der Waals surface area contributed by atoms with E-state index in [9.17, 15) is 38.0 Å². The fourth-order valence-electron chi connectivity index (χ4n) is 8.30. The number of ketones is 2. The van der Waals surface area contributed by atoms with E-state index in [4.69, 9.17) is 32.7 Å². The van der Waals surface area contributed by atoms with Crippen LogP contribution in [0.3, 0.4) is 0 Å². The van der Waals surface area contributed by atoms with Crippen molar-refractivity contribution in [3.63, 3.8) is 0 Å². The molecule has 21 heteroatoms. The van der Waals surface area contributed by atoms with E-state index in [1.54, 1.807) is 77.7 Å². The molecule has 4 saturated heterocycles. The summed E-state index contributed by atoms with van der Waals surface area (Å²) in [6.07, 6.45) is -0.337. The van der Waals surface area contributed by atoms with Gasteiger partial charge in [-0.05, 0) is 91.3 Å². The van der Waals surface area contributed by atoms with Crippen LogP contribution in [0.2, 0.25) is 10.0 Å². The average Bonchev–Trinajstić information content (AvgIpc) is 3.96. The summed E-state index contributed by atoms with van der Waals surface area (Å²) in [5.74, 6) is -1.28. The first-order valence-electron chi connectivity index (χ1n) is 24.1. The van der Waals surface area contributed by atoms with Gasteiger partial charge in [0.25, 0.3) is 0 Å². The zero-order valence-corrected chi connectivity index (χ0v) is 42.5. The van der Waals surface area contributed by atoms with Crippen LogP contribution in [0.1, 0.15) is 67.2 Å². The Hall–Kier alpha value is -6.83. The van der Waals surface area contributed by atoms with Gasteiger partial charge in [-0.3, -0.25) is 33.8 Å². The first-order chi connectivity index (χ1) is 35.0. The summed E-state index contributed by atoms with van der Waals surface area (Å²) in [7, 11) is 0. The predicted octanol–water partition coefficient (Wildman–Crippen LogP) is 7.27. The number of ether oxygens (including phenoxy) is 2. The number of benzene rings is 4. The van der Waals surface area contributed by atoms with E-state index in [0.717, 1.165) is 38.2 Å². The number of Topliss-reactive ketones (excluding diaryl/α,β-unsaturated/α-hetero) is 2. The van der Waals surface area contributed by atoms with Crippen molar-refractivity contribution >= 4 is 87.4 Å². The van der Waals surface area contributed by atoms with Crippen molar-refractivity contribution in [2.24, 2.45) is 0 Å². The number of hydrogen-bond acceptors (Lipinski definition) is 12.